The summed E-state index contributed by atoms with van der Waals surface area (Å²) in [5.41, 5.74) is 3.83. The summed E-state index contributed by atoms with van der Waals surface area (Å²) >= 11 is 1.59. The van der Waals surface area contributed by atoms with Gasteiger partial charge >= 0.3 is 12.1 Å². The summed E-state index contributed by atoms with van der Waals surface area (Å²) in [6.45, 7) is 13.4. The Morgan fingerprint density at radius 3 is 2.08 bits per heavy atom. The van der Waals surface area contributed by atoms with Crippen molar-refractivity contribution < 1.29 is 51.3 Å². The number of anilines is 2. The molecular weight excluding hydrogens is 936 g/mol. The number of hydrogen-bond donors (Lipinski definition) is 2. The van der Waals surface area contributed by atoms with Gasteiger partial charge in [-0.3, -0.25) is 24.2 Å². The van der Waals surface area contributed by atoms with Crippen LogP contribution in [0.4, 0.5) is 24.5 Å². The van der Waals surface area contributed by atoms with Crippen molar-refractivity contribution in [3.63, 3.8) is 0 Å². The van der Waals surface area contributed by atoms with Gasteiger partial charge in [-0.15, -0.1) is 11.8 Å². The zero-order valence-electron chi connectivity index (χ0n) is 41.2. The van der Waals surface area contributed by atoms with Crippen LogP contribution in [0.5, 0.6) is 0 Å². The lowest BCUT2D eigenvalue weighted by Crippen LogP contribution is -2.31. The second kappa shape index (κ2) is 27.4. The highest BCUT2D eigenvalue weighted by molar-refractivity contribution is 7.98. The average Bonchev–Trinajstić information content (AvgIpc) is 3.34. The topological polar surface area (TPSA) is 149 Å². The molecular formula is C54H64F3N5O8S. The number of hydrogen-bond acceptors (Lipinski definition) is 11. The summed E-state index contributed by atoms with van der Waals surface area (Å²) in [7, 11) is 1.74. The molecule has 0 unspecified atom stereocenters. The highest BCUT2D eigenvalue weighted by Gasteiger charge is 2.30. The Kier molecular flexibility index (Phi) is 21.5. The molecule has 5 rings (SSSR count). The standard InChI is InChI=1S/C54H64F3N5O8S/c1-7-62(8-2)44-18-19-47(46(35-44)48-34-42(20-22-58-48)51(65)59-36-39-13-10-16-43(31-39)54(55,56)57)60-52(66)41-15-9-14-40(30-41)37-71-45-17-11-12-38(32-45)33-49(63)61(6)23-25-68-27-29-69-28-26-67-24-21-50(64)70-53(3,4)5/h9-20,22,30-32,34-35H,7-8,21,23-29,33,36-37H2,1-6H3,(H,59,65)(H,60,66). The van der Waals surface area contributed by atoms with E-state index >= 15 is 0 Å². The summed E-state index contributed by atoms with van der Waals surface area (Å²) in [6.07, 6.45) is -2.61. The van der Waals surface area contributed by atoms with Crippen molar-refractivity contribution in [3.8, 4) is 11.3 Å². The molecule has 1 heterocycles. The molecule has 0 aliphatic heterocycles. The number of carbonyl (C=O) groups is 4. The van der Waals surface area contributed by atoms with E-state index < -0.39 is 23.2 Å². The third-order valence-corrected chi connectivity index (χ3v) is 11.9. The molecule has 0 radical (unpaired) electrons. The minimum Gasteiger partial charge on any atom is -0.460 e. The fourth-order valence-corrected chi connectivity index (χ4v) is 8.06. The normalized spacial score (nSPS) is 11.5. The Balaban J connectivity index is 1.11. The van der Waals surface area contributed by atoms with Crippen LogP contribution < -0.4 is 15.5 Å². The fourth-order valence-electron chi connectivity index (χ4n) is 7.13. The van der Waals surface area contributed by atoms with E-state index in [4.69, 9.17) is 18.9 Å². The first-order valence-corrected chi connectivity index (χ1v) is 24.5. The summed E-state index contributed by atoms with van der Waals surface area (Å²) in [6, 6.07) is 28.7. The second-order valence-corrected chi connectivity index (χ2v) is 18.5. The number of ether oxygens (including phenoxy) is 4. The lowest BCUT2D eigenvalue weighted by atomic mass is 10.0. The Morgan fingerprint density at radius 1 is 0.704 bits per heavy atom. The van der Waals surface area contributed by atoms with Crippen LogP contribution in [-0.4, -0.2) is 105 Å². The van der Waals surface area contributed by atoms with Crippen molar-refractivity contribution in [3.05, 3.63) is 143 Å². The van der Waals surface area contributed by atoms with Gasteiger partial charge in [-0.1, -0.05) is 36.4 Å². The van der Waals surface area contributed by atoms with E-state index in [1.807, 2.05) is 95.3 Å². The predicted molar refractivity (Wildman–Crippen MR) is 271 cm³/mol. The third-order valence-electron chi connectivity index (χ3n) is 10.8. The molecule has 17 heteroatoms. The minimum absolute atomic E-state index is 0.0402. The quantitative estimate of drug-likeness (QED) is 0.0310. The van der Waals surface area contributed by atoms with E-state index in [1.54, 1.807) is 35.8 Å². The Labute approximate surface area is 418 Å². The molecule has 0 fully saturated rings. The second-order valence-electron chi connectivity index (χ2n) is 17.5. The van der Waals surface area contributed by atoms with Crippen molar-refractivity contribution in [2.75, 3.05) is 76.5 Å². The molecule has 0 atom stereocenters. The van der Waals surface area contributed by atoms with Crippen molar-refractivity contribution in [2.45, 2.75) is 76.4 Å². The molecule has 1 aromatic heterocycles. The monoisotopic (exact) mass is 999 g/mol. The van der Waals surface area contributed by atoms with Gasteiger partial charge in [0.05, 0.1) is 69.4 Å². The van der Waals surface area contributed by atoms with Crippen molar-refractivity contribution in [1.82, 2.24) is 15.2 Å². The molecule has 2 N–H and O–H groups in total. The summed E-state index contributed by atoms with van der Waals surface area (Å²) in [4.78, 5) is 61.3. The number of nitrogens with one attached hydrogen (secondary N) is 2. The summed E-state index contributed by atoms with van der Waals surface area (Å²) in [5, 5.41) is 5.76. The van der Waals surface area contributed by atoms with Gasteiger partial charge in [-0.25, -0.2) is 0 Å². The maximum Gasteiger partial charge on any atom is 0.416 e. The number of pyridine rings is 1. The Morgan fingerprint density at radius 2 is 1.37 bits per heavy atom. The molecule has 380 valence electrons. The maximum absolute atomic E-state index is 13.9. The molecule has 4 aromatic carbocycles. The van der Waals surface area contributed by atoms with Crippen LogP contribution in [0.1, 0.15) is 84.0 Å². The number of halogens is 3. The fraction of sp³-hybridized carbons (Fsp3) is 0.389. The van der Waals surface area contributed by atoms with Crippen molar-refractivity contribution in [1.29, 1.82) is 0 Å². The zero-order valence-corrected chi connectivity index (χ0v) is 42.1. The number of carbonyl (C=O) groups excluding carboxylic acids is 4. The van der Waals surface area contributed by atoms with Gasteiger partial charge in [0.25, 0.3) is 11.8 Å². The third kappa shape index (κ3) is 18.8. The first kappa shape index (κ1) is 55.7. The number of nitrogens with zero attached hydrogens (tertiary/aromatic N) is 3. The molecule has 5 aromatic rings. The van der Waals surface area contributed by atoms with E-state index in [0.29, 0.717) is 73.4 Å². The van der Waals surface area contributed by atoms with Crippen LogP contribution in [0.3, 0.4) is 0 Å². The number of rotatable bonds is 26. The molecule has 0 saturated heterocycles. The van der Waals surface area contributed by atoms with E-state index in [2.05, 4.69) is 20.5 Å². The van der Waals surface area contributed by atoms with Crippen LogP contribution in [0.15, 0.2) is 114 Å². The van der Waals surface area contributed by atoms with Gasteiger partial charge in [-0.2, -0.15) is 13.2 Å². The van der Waals surface area contributed by atoms with Crippen molar-refractivity contribution >= 4 is 46.8 Å². The lowest BCUT2D eigenvalue weighted by Gasteiger charge is -2.23. The lowest BCUT2D eigenvalue weighted by molar-refractivity contribution is -0.156. The Hall–Kier alpha value is -6.27. The first-order chi connectivity index (χ1) is 33.9. The number of likely N-dealkylation sites (N-methyl/N-ethyl adjacent to an activating group) is 1. The number of aromatic nitrogens is 1. The van der Waals surface area contributed by atoms with Crippen LogP contribution in [0.2, 0.25) is 0 Å². The number of thioether (sulfide) groups is 1. The molecule has 0 bridgehead atoms. The van der Waals surface area contributed by atoms with Crippen LogP contribution in [0.25, 0.3) is 11.3 Å². The average molecular weight is 1000 g/mol. The Bertz CT molecular complexity index is 2550. The van der Waals surface area contributed by atoms with Crippen LogP contribution >= 0.6 is 11.8 Å². The van der Waals surface area contributed by atoms with Gasteiger partial charge in [0.1, 0.15) is 5.60 Å². The maximum atomic E-state index is 13.9. The molecule has 13 nitrogen and oxygen atoms in total. The summed E-state index contributed by atoms with van der Waals surface area (Å²) < 4.78 is 61.7. The zero-order chi connectivity index (χ0) is 51.4. The number of benzene rings is 4. The first-order valence-electron chi connectivity index (χ1n) is 23.5. The van der Waals surface area contributed by atoms with Gasteiger partial charge in [0, 0.05) is 72.4 Å². The van der Waals surface area contributed by atoms with Gasteiger partial charge < -0.3 is 39.4 Å². The highest BCUT2D eigenvalue weighted by atomic mass is 32.2. The number of alkyl halides is 3. The molecule has 3 amide bonds. The predicted octanol–water partition coefficient (Wildman–Crippen LogP) is 9.87. The molecule has 0 spiro atoms. The van der Waals surface area contributed by atoms with Gasteiger partial charge in [0.2, 0.25) is 5.91 Å². The largest absolute Gasteiger partial charge is 0.460 e. The van der Waals surface area contributed by atoms with Crippen molar-refractivity contribution in [2.24, 2.45) is 0 Å². The molecule has 0 aliphatic rings. The summed E-state index contributed by atoms with van der Waals surface area (Å²) in [5.74, 6) is -0.614. The van der Waals surface area contributed by atoms with E-state index in [0.717, 1.165) is 46.9 Å². The van der Waals surface area contributed by atoms with E-state index in [-0.39, 0.29) is 49.3 Å². The molecule has 71 heavy (non-hydrogen) atoms. The van der Waals surface area contributed by atoms with E-state index in [9.17, 15) is 32.3 Å². The highest BCUT2D eigenvalue weighted by Crippen LogP contribution is 2.33. The SMILES string of the molecule is CCN(CC)c1ccc(NC(=O)c2cccc(CSc3cccc(CC(=O)N(C)CCOCCOCCOCCC(=O)OC(C)(C)C)c3)c2)c(-c2cc(C(=O)NCc3cccc(C(F)(F)F)c3)ccn2)c1. The van der Waals surface area contributed by atoms with E-state index in [1.165, 1.54) is 24.4 Å². The van der Waals surface area contributed by atoms with Crippen LogP contribution in [0, 0.1) is 0 Å². The molecule has 0 aliphatic carbocycles. The minimum atomic E-state index is -4.50. The number of esters is 1. The van der Waals surface area contributed by atoms with Gasteiger partial charge in [0.15, 0.2) is 0 Å². The number of amides is 3. The molecule has 0 saturated carbocycles. The smallest absolute Gasteiger partial charge is 0.416 e. The van der Waals surface area contributed by atoms with Gasteiger partial charge in [-0.05, 0) is 118 Å². The van der Waals surface area contributed by atoms with Crippen LogP contribution in [-0.2, 0) is 53.4 Å².